The number of nitrogens with zero attached hydrogens (tertiary/aromatic N) is 3. The third kappa shape index (κ3) is 3.82. The van der Waals surface area contributed by atoms with Crippen molar-refractivity contribution in [3.05, 3.63) is 64.7 Å². The van der Waals surface area contributed by atoms with E-state index in [4.69, 9.17) is 16.3 Å². The summed E-state index contributed by atoms with van der Waals surface area (Å²) in [5, 5.41) is 11.4. The van der Waals surface area contributed by atoms with Gasteiger partial charge in [0.2, 0.25) is 11.1 Å². The van der Waals surface area contributed by atoms with Crippen molar-refractivity contribution in [1.29, 1.82) is 0 Å². The van der Waals surface area contributed by atoms with Crippen LogP contribution in [-0.2, 0) is 11.2 Å². The molecule has 2 atom stereocenters. The molecule has 156 valence electrons. The summed E-state index contributed by atoms with van der Waals surface area (Å²) in [6.07, 6.45) is 0.669. The third-order valence-electron chi connectivity index (χ3n) is 4.75. The lowest BCUT2D eigenvalue weighted by molar-refractivity contribution is -0.116. The van der Waals surface area contributed by atoms with Gasteiger partial charge in [-0.15, -0.1) is 10.2 Å². The van der Waals surface area contributed by atoms with Crippen molar-refractivity contribution < 1.29 is 13.9 Å². The summed E-state index contributed by atoms with van der Waals surface area (Å²) in [5.41, 5.74) is 4.23. The van der Waals surface area contributed by atoms with Gasteiger partial charge in [-0.2, -0.15) is 0 Å². The number of rotatable bonds is 5. The first-order valence-electron chi connectivity index (χ1n) is 9.28. The van der Waals surface area contributed by atoms with Gasteiger partial charge in [-0.05, 0) is 29.8 Å². The summed E-state index contributed by atoms with van der Waals surface area (Å²) < 4.78 is 21.1. The van der Waals surface area contributed by atoms with Crippen molar-refractivity contribution in [1.82, 2.24) is 14.9 Å². The number of para-hydroxylation sites is 1. The standard InChI is InChI=1S/C20H19ClFN5O2S/c1-3-16-24-25-20-27(16)26-17(11-8-9-15(29-2)12(21)10-11)18(30-20)19(28)23-14-7-5-4-6-13(14)22/h4-10,17-18,26H,3H2,1-2H3,(H,23,28). The fourth-order valence-corrected chi connectivity index (χ4v) is 4.59. The summed E-state index contributed by atoms with van der Waals surface area (Å²) in [6, 6.07) is 10.9. The minimum Gasteiger partial charge on any atom is -0.495 e. The minimum absolute atomic E-state index is 0.121. The average Bonchev–Trinajstić information content (AvgIpc) is 3.16. The number of amides is 1. The van der Waals surface area contributed by atoms with E-state index in [-0.39, 0.29) is 11.6 Å². The van der Waals surface area contributed by atoms with E-state index in [2.05, 4.69) is 20.9 Å². The maximum Gasteiger partial charge on any atom is 0.240 e. The van der Waals surface area contributed by atoms with Gasteiger partial charge >= 0.3 is 0 Å². The SMILES string of the molecule is CCc1nnc2n1NC(c1ccc(OC)c(Cl)c1)C(C(=O)Nc1ccccc1F)S2. The molecule has 0 saturated carbocycles. The molecule has 1 aromatic heterocycles. The molecular formula is C20H19ClFN5O2S. The number of carbonyl (C=O) groups excluding carboxylic acids is 1. The molecule has 0 spiro atoms. The van der Waals surface area contributed by atoms with Crippen molar-refractivity contribution in [3.8, 4) is 5.75 Å². The van der Waals surface area contributed by atoms with Crippen molar-refractivity contribution in [2.45, 2.75) is 29.8 Å². The number of methoxy groups -OCH3 is 1. The molecule has 0 radical (unpaired) electrons. The first-order chi connectivity index (χ1) is 14.5. The van der Waals surface area contributed by atoms with Crippen LogP contribution in [0.4, 0.5) is 10.1 Å². The lowest BCUT2D eigenvalue weighted by atomic mass is 10.0. The normalized spacial score (nSPS) is 17.7. The van der Waals surface area contributed by atoms with E-state index in [0.29, 0.717) is 22.3 Å². The Hall–Kier alpha value is -2.78. The fraction of sp³-hybridized carbons (Fsp3) is 0.250. The molecule has 2 aromatic carbocycles. The number of aromatic nitrogens is 3. The Morgan fingerprint density at radius 2 is 2.13 bits per heavy atom. The average molecular weight is 448 g/mol. The number of halogens is 2. The molecule has 10 heteroatoms. The third-order valence-corrected chi connectivity index (χ3v) is 6.26. The zero-order valence-electron chi connectivity index (χ0n) is 16.2. The van der Waals surface area contributed by atoms with Gasteiger partial charge in [0.15, 0.2) is 5.82 Å². The predicted molar refractivity (Wildman–Crippen MR) is 114 cm³/mol. The largest absolute Gasteiger partial charge is 0.495 e. The van der Waals surface area contributed by atoms with E-state index < -0.39 is 17.1 Å². The second-order valence-corrected chi connectivity index (χ2v) is 8.11. The smallest absolute Gasteiger partial charge is 0.240 e. The number of hydrogen-bond donors (Lipinski definition) is 2. The maximum atomic E-state index is 14.1. The van der Waals surface area contributed by atoms with Gasteiger partial charge in [0.05, 0.1) is 23.9 Å². The molecule has 0 saturated heterocycles. The van der Waals surface area contributed by atoms with Crippen molar-refractivity contribution >= 4 is 35.0 Å². The van der Waals surface area contributed by atoms with Crippen molar-refractivity contribution in [2.75, 3.05) is 17.9 Å². The van der Waals surface area contributed by atoms with Crippen LogP contribution in [-0.4, -0.2) is 33.1 Å². The molecule has 0 aliphatic carbocycles. The molecule has 30 heavy (non-hydrogen) atoms. The fourth-order valence-electron chi connectivity index (χ4n) is 3.22. The zero-order chi connectivity index (χ0) is 21.3. The zero-order valence-corrected chi connectivity index (χ0v) is 17.8. The second kappa shape index (κ2) is 8.53. The highest BCUT2D eigenvalue weighted by Crippen LogP contribution is 2.39. The van der Waals surface area contributed by atoms with Gasteiger partial charge in [-0.1, -0.05) is 48.5 Å². The first-order valence-corrected chi connectivity index (χ1v) is 10.5. The van der Waals surface area contributed by atoms with Crippen LogP contribution in [0.2, 0.25) is 5.02 Å². The van der Waals surface area contributed by atoms with Gasteiger partial charge in [0.1, 0.15) is 16.8 Å². The highest BCUT2D eigenvalue weighted by Gasteiger charge is 2.38. The number of aryl methyl sites for hydroxylation is 1. The number of thioether (sulfide) groups is 1. The van der Waals surface area contributed by atoms with Crippen LogP contribution < -0.4 is 15.5 Å². The Morgan fingerprint density at radius 1 is 1.33 bits per heavy atom. The second-order valence-electron chi connectivity index (χ2n) is 6.60. The van der Waals surface area contributed by atoms with E-state index in [1.54, 1.807) is 28.9 Å². The number of carbonyl (C=O) groups is 1. The highest BCUT2D eigenvalue weighted by atomic mass is 35.5. The van der Waals surface area contributed by atoms with Crippen LogP contribution in [0.5, 0.6) is 5.75 Å². The Bertz CT molecular complexity index is 1090. The quantitative estimate of drug-likeness (QED) is 0.614. The lowest BCUT2D eigenvalue weighted by Gasteiger charge is -2.33. The van der Waals surface area contributed by atoms with Gasteiger partial charge < -0.3 is 15.5 Å². The highest BCUT2D eigenvalue weighted by molar-refractivity contribution is 8.00. The maximum absolute atomic E-state index is 14.1. The molecule has 3 aromatic rings. The van der Waals surface area contributed by atoms with Gasteiger partial charge in [-0.3, -0.25) is 4.79 Å². The molecular weight excluding hydrogens is 429 g/mol. The number of ether oxygens (including phenoxy) is 1. The number of benzene rings is 2. The number of hydrogen-bond acceptors (Lipinski definition) is 6. The number of anilines is 1. The summed E-state index contributed by atoms with van der Waals surface area (Å²) in [6.45, 7) is 1.97. The van der Waals surface area contributed by atoms with E-state index in [1.165, 1.54) is 31.0 Å². The van der Waals surface area contributed by atoms with E-state index in [0.717, 1.165) is 11.4 Å². The summed E-state index contributed by atoms with van der Waals surface area (Å²) in [5.74, 6) is 0.424. The van der Waals surface area contributed by atoms with Crippen LogP contribution in [0.1, 0.15) is 24.4 Å². The Morgan fingerprint density at radius 3 is 2.83 bits per heavy atom. The van der Waals surface area contributed by atoms with Crippen LogP contribution in [0.25, 0.3) is 0 Å². The van der Waals surface area contributed by atoms with Crippen LogP contribution >= 0.6 is 23.4 Å². The topological polar surface area (TPSA) is 81.1 Å². The minimum atomic E-state index is -0.643. The van der Waals surface area contributed by atoms with Crippen LogP contribution in [0.15, 0.2) is 47.6 Å². The number of fused-ring (bicyclic) bond motifs is 1. The molecule has 1 aliphatic heterocycles. The Labute approximate surface area is 181 Å². The molecule has 0 fully saturated rings. The molecule has 2 heterocycles. The summed E-state index contributed by atoms with van der Waals surface area (Å²) >= 11 is 7.59. The predicted octanol–water partition coefficient (Wildman–Crippen LogP) is 4.04. The Kier molecular flexibility index (Phi) is 5.83. The molecule has 1 amide bonds. The molecule has 7 nitrogen and oxygen atoms in total. The van der Waals surface area contributed by atoms with Crippen LogP contribution in [0, 0.1) is 5.82 Å². The van der Waals surface area contributed by atoms with Gasteiger partial charge in [0, 0.05) is 6.42 Å². The summed E-state index contributed by atoms with van der Waals surface area (Å²) in [7, 11) is 1.54. The van der Waals surface area contributed by atoms with Gasteiger partial charge in [-0.25, -0.2) is 9.07 Å². The first kappa shape index (κ1) is 20.5. The van der Waals surface area contributed by atoms with E-state index in [9.17, 15) is 9.18 Å². The molecule has 1 aliphatic rings. The molecule has 2 unspecified atom stereocenters. The van der Waals surface area contributed by atoms with E-state index in [1.807, 2.05) is 13.0 Å². The monoisotopic (exact) mass is 447 g/mol. The van der Waals surface area contributed by atoms with Gasteiger partial charge in [0.25, 0.3) is 0 Å². The molecule has 4 rings (SSSR count). The van der Waals surface area contributed by atoms with Crippen molar-refractivity contribution in [2.24, 2.45) is 0 Å². The van der Waals surface area contributed by atoms with Crippen LogP contribution in [0.3, 0.4) is 0 Å². The molecule has 0 bridgehead atoms. The molecule has 2 N–H and O–H groups in total. The number of nitrogens with one attached hydrogen (secondary N) is 2. The van der Waals surface area contributed by atoms with E-state index >= 15 is 0 Å². The summed E-state index contributed by atoms with van der Waals surface area (Å²) in [4.78, 5) is 13.1. The lowest BCUT2D eigenvalue weighted by Crippen LogP contribution is -2.41. The van der Waals surface area contributed by atoms with Crippen molar-refractivity contribution in [3.63, 3.8) is 0 Å². The Balaban J connectivity index is 1.70.